The number of para-hydroxylation sites is 1. The zero-order valence-corrected chi connectivity index (χ0v) is 10.8. The van der Waals surface area contributed by atoms with Crippen LogP contribution in [0.25, 0.3) is 0 Å². The van der Waals surface area contributed by atoms with Crippen LogP contribution in [0.3, 0.4) is 0 Å². The maximum Gasteiger partial charge on any atom is 0.257 e. The Morgan fingerprint density at radius 2 is 1.37 bits per heavy atom. The first-order chi connectivity index (χ1) is 8.66. The summed E-state index contributed by atoms with van der Waals surface area (Å²) in [5, 5.41) is 0. The number of rotatable bonds is 4. The van der Waals surface area contributed by atoms with Crippen LogP contribution in [0.4, 0.5) is 8.78 Å². The van der Waals surface area contributed by atoms with Crippen molar-refractivity contribution in [2.75, 3.05) is 0 Å². The Labute approximate surface area is 116 Å². The second-order valence-corrected chi connectivity index (χ2v) is 3.84. The van der Waals surface area contributed by atoms with E-state index in [0.29, 0.717) is 17.1 Å². The molecule has 0 aliphatic rings. The summed E-state index contributed by atoms with van der Waals surface area (Å²) in [5.41, 5.74) is 5.74. The molecule has 0 saturated carbocycles. The van der Waals surface area contributed by atoms with Gasteiger partial charge in [-0.15, -0.1) is 12.4 Å². The molecule has 5 heteroatoms. The van der Waals surface area contributed by atoms with Crippen LogP contribution >= 0.6 is 12.4 Å². The fourth-order valence-electron chi connectivity index (χ4n) is 1.53. The molecule has 0 bridgehead atoms. The molecule has 2 aromatic rings. The van der Waals surface area contributed by atoms with Crippen LogP contribution in [0.2, 0.25) is 0 Å². The van der Waals surface area contributed by atoms with Crippen LogP contribution in [0.15, 0.2) is 54.6 Å². The number of hydrogen-bond acceptors (Lipinski definition) is 2. The molecule has 102 valence electrons. The molecule has 2 rings (SSSR count). The molecule has 0 aromatic heterocycles. The highest BCUT2D eigenvalue weighted by atomic mass is 35.5. The summed E-state index contributed by atoms with van der Waals surface area (Å²) in [7, 11) is 0. The summed E-state index contributed by atoms with van der Waals surface area (Å²) < 4.78 is 30.4. The minimum absolute atomic E-state index is 0. The van der Waals surface area contributed by atoms with Crippen molar-refractivity contribution in [1.82, 2.24) is 0 Å². The number of benzene rings is 2. The summed E-state index contributed by atoms with van der Waals surface area (Å²) in [4.78, 5) is 0. The van der Waals surface area contributed by atoms with Gasteiger partial charge < -0.3 is 10.5 Å². The number of nitrogens with two attached hydrogens (primary N) is 1. The van der Waals surface area contributed by atoms with Crippen LogP contribution in [0.5, 0.6) is 11.5 Å². The molecule has 0 fully saturated rings. The average Bonchev–Trinajstić information content (AvgIpc) is 2.40. The lowest BCUT2D eigenvalue weighted by molar-refractivity contribution is 0.116. The largest absolute Gasteiger partial charge is 0.457 e. The first-order valence-corrected chi connectivity index (χ1v) is 5.53. The van der Waals surface area contributed by atoms with E-state index in [-0.39, 0.29) is 12.4 Å². The smallest absolute Gasteiger partial charge is 0.257 e. The van der Waals surface area contributed by atoms with Gasteiger partial charge in [-0.2, -0.15) is 0 Å². The lowest BCUT2D eigenvalue weighted by Gasteiger charge is -2.11. The zero-order chi connectivity index (χ0) is 13.0. The highest BCUT2D eigenvalue weighted by Gasteiger charge is 2.17. The summed E-state index contributed by atoms with van der Waals surface area (Å²) in [6, 6.07) is 14.3. The molecule has 2 N–H and O–H groups in total. The molecule has 2 aromatic carbocycles. The van der Waals surface area contributed by atoms with Crippen LogP contribution in [0.1, 0.15) is 11.6 Å². The van der Waals surface area contributed by atoms with Gasteiger partial charge >= 0.3 is 0 Å². The van der Waals surface area contributed by atoms with Crippen molar-refractivity contribution < 1.29 is 13.5 Å². The van der Waals surface area contributed by atoms with Crippen LogP contribution < -0.4 is 10.5 Å². The third kappa shape index (κ3) is 4.19. The van der Waals surface area contributed by atoms with Crippen molar-refractivity contribution >= 4 is 12.4 Å². The molecule has 0 spiro atoms. The van der Waals surface area contributed by atoms with Gasteiger partial charge in [0.2, 0.25) is 0 Å². The molecule has 1 atom stereocenters. The molecular formula is C14H14ClF2NO. The number of alkyl halides is 2. The Morgan fingerprint density at radius 3 is 1.89 bits per heavy atom. The molecule has 2 nitrogen and oxygen atoms in total. The molecule has 0 aliphatic heterocycles. The quantitative estimate of drug-likeness (QED) is 0.915. The van der Waals surface area contributed by atoms with E-state index in [9.17, 15) is 8.78 Å². The summed E-state index contributed by atoms with van der Waals surface area (Å²) >= 11 is 0. The van der Waals surface area contributed by atoms with Crippen LogP contribution in [0, 0.1) is 0 Å². The monoisotopic (exact) mass is 285 g/mol. The first kappa shape index (κ1) is 15.4. The second-order valence-electron chi connectivity index (χ2n) is 3.84. The van der Waals surface area contributed by atoms with E-state index in [1.54, 1.807) is 24.3 Å². The number of ether oxygens (including phenoxy) is 1. The van der Waals surface area contributed by atoms with Gasteiger partial charge in [-0.1, -0.05) is 30.3 Å². The molecule has 0 aliphatic carbocycles. The molecule has 0 heterocycles. The van der Waals surface area contributed by atoms with Gasteiger partial charge in [-0.3, -0.25) is 0 Å². The van der Waals surface area contributed by atoms with Crippen LogP contribution in [-0.4, -0.2) is 6.43 Å². The third-order valence-electron chi connectivity index (χ3n) is 2.52. The summed E-state index contributed by atoms with van der Waals surface area (Å²) in [6.07, 6.45) is -2.56. The van der Waals surface area contributed by atoms with E-state index in [4.69, 9.17) is 10.5 Å². The van der Waals surface area contributed by atoms with Gasteiger partial charge in [0.15, 0.2) is 0 Å². The number of hydrogen-bond donors (Lipinski definition) is 1. The molecule has 19 heavy (non-hydrogen) atoms. The fourth-order valence-corrected chi connectivity index (χ4v) is 1.53. The fraction of sp³-hybridized carbons (Fsp3) is 0.143. The van der Waals surface area contributed by atoms with E-state index in [0.717, 1.165) is 0 Å². The Kier molecular flexibility index (Phi) is 5.73. The highest BCUT2D eigenvalue weighted by molar-refractivity contribution is 5.85. The Hall–Kier alpha value is -1.65. The van der Waals surface area contributed by atoms with Crippen LogP contribution in [-0.2, 0) is 0 Å². The Balaban J connectivity index is 0.00000180. The SMILES string of the molecule is Cl.N[C@@H](c1ccc(Oc2ccccc2)cc1)C(F)F. The number of halogens is 3. The molecule has 0 saturated heterocycles. The predicted octanol–water partition coefficient (Wildman–Crippen LogP) is 4.17. The van der Waals surface area contributed by atoms with Gasteiger partial charge in [-0.25, -0.2) is 8.78 Å². The third-order valence-corrected chi connectivity index (χ3v) is 2.52. The Morgan fingerprint density at radius 1 is 0.842 bits per heavy atom. The molecule has 0 unspecified atom stereocenters. The minimum atomic E-state index is -2.56. The van der Waals surface area contributed by atoms with E-state index in [1.165, 1.54) is 0 Å². The summed E-state index contributed by atoms with van der Waals surface area (Å²) in [6.45, 7) is 0. The van der Waals surface area contributed by atoms with Gasteiger partial charge in [0.1, 0.15) is 11.5 Å². The maximum absolute atomic E-state index is 12.4. The van der Waals surface area contributed by atoms with E-state index in [1.807, 2.05) is 30.3 Å². The minimum Gasteiger partial charge on any atom is -0.457 e. The topological polar surface area (TPSA) is 35.2 Å². The van der Waals surface area contributed by atoms with E-state index >= 15 is 0 Å². The normalized spacial score (nSPS) is 11.8. The van der Waals surface area contributed by atoms with Crippen molar-refractivity contribution in [3.05, 3.63) is 60.2 Å². The first-order valence-electron chi connectivity index (χ1n) is 5.53. The maximum atomic E-state index is 12.4. The van der Waals surface area contributed by atoms with Crippen molar-refractivity contribution in [2.24, 2.45) is 5.73 Å². The second kappa shape index (κ2) is 7.07. The van der Waals surface area contributed by atoms with E-state index in [2.05, 4.69) is 0 Å². The van der Waals surface area contributed by atoms with Crippen molar-refractivity contribution in [3.63, 3.8) is 0 Å². The van der Waals surface area contributed by atoms with Gasteiger partial charge in [0, 0.05) is 0 Å². The van der Waals surface area contributed by atoms with Gasteiger partial charge in [-0.05, 0) is 29.8 Å². The van der Waals surface area contributed by atoms with Crippen molar-refractivity contribution in [2.45, 2.75) is 12.5 Å². The van der Waals surface area contributed by atoms with Gasteiger partial charge in [0.05, 0.1) is 6.04 Å². The van der Waals surface area contributed by atoms with Gasteiger partial charge in [0.25, 0.3) is 6.43 Å². The van der Waals surface area contributed by atoms with Crippen molar-refractivity contribution in [3.8, 4) is 11.5 Å². The zero-order valence-electron chi connectivity index (χ0n) is 10.0. The van der Waals surface area contributed by atoms with E-state index < -0.39 is 12.5 Å². The lowest BCUT2D eigenvalue weighted by atomic mass is 10.1. The highest BCUT2D eigenvalue weighted by Crippen LogP contribution is 2.24. The average molecular weight is 286 g/mol. The summed E-state index contributed by atoms with van der Waals surface area (Å²) in [5.74, 6) is 1.29. The standard InChI is InChI=1S/C14H13F2NO.ClH/c15-14(16)13(17)10-6-8-12(9-7-10)18-11-4-2-1-3-5-11;/h1-9,13-14H,17H2;1H/t13-;/m0./s1. The predicted molar refractivity (Wildman–Crippen MR) is 73.1 cm³/mol. The molecular weight excluding hydrogens is 272 g/mol. The molecule has 0 radical (unpaired) electrons. The lowest BCUT2D eigenvalue weighted by Crippen LogP contribution is -2.18. The molecule has 0 amide bonds. The van der Waals surface area contributed by atoms with Crippen molar-refractivity contribution in [1.29, 1.82) is 0 Å². The Bertz CT molecular complexity index is 491.